The lowest BCUT2D eigenvalue weighted by atomic mass is 10.2. The van der Waals surface area contributed by atoms with Gasteiger partial charge in [0.2, 0.25) is 0 Å². The molecule has 0 N–H and O–H groups in total. The molecule has 6 nitrogen and oxygen atoms in total. The summed E-state index contributed by atoms with van der Waals surface area (Å²) in [6.45, 7) is 8.31. The maximum atomic E-state index is 12.0. The van der Waals surface area contributed by atoms with Crippen molar-refractivity contribution in [1.82, 2.24) is 9.80 Å². The number of hydrogen-bond acceptors (Lipinski definition) is 5. The molecule has 1 amide bonds. The van der Waals surface area contributed by atoms with Gasteiger partial charge in [0.15, 0.2) is 0 Å². The first-order chi connectivity index (χ1) is 11.7. The molecule has 1 aromatic carbocycles. The van der Waals surface area contributed by atoms with E-state index in [-0.39, 0.29) is 25.2 Å². The Balaban J connectivity index is 1.69. The van der Waals surface area contributed by atoms with Gasteiger partial charge in [-0.1, -0.05) is 23.7 Å². The van der Waals surface area contributed by atoms with E-state index in [2.05, 4.69) is 0 Å². The molecule has 1 saturated heterocycles. The molecule has 25 heavy (non-hydrogen) atoms. The van der Waals surface area contributed by atoms with Crippen LogP contribution in [0.2, 0.25) is 5.02 Å². The highest BCUT2D eigenvalue weighted by molar-refractivity contribution is 6.30. The minimum atomic E-state index is -0.500. The number of ether oxygens (including phenoxy) is 2. The van der Waals surface area contributed by atoms with E-state index >= 15 is 0 Å². The van der Waals surface area contributed by atoms with Gasteiger partial charge in [-0.3, -0.25) is 9.69 Å². The van der Waals surface area contributed by atoms with Crippen molar-refractivity contribution < 1.29 is 19.1 Å². The highest BCUT2D eigenvalue weighted by atomic mass is 35.5. The molecule has 2 rings (SSSR count). The minimum Gasteiger partial charge on any atom is -0.460 e. The third-order valence-corrected chi connectivity index (χ3v) is 3.94. The van der Waals surface area contributed by atoms with Crippen molar-refractivity contribution in [3.8, 4) is 0 Å². The summed E-state index contributed by atoms with van der Waals surface area (Å²) < 4.78 is 10.6. The van der Waals surface area contributed by atoms with Crippen LogP contribution >= 0.6 is 11.6 Å². The van der Waals surface area contributed by atoms with Gasteiger partial charge in [-0.2, -0.15) is 0 Å². The van der Waals surface area contributed by atoms with Crippen molar-refractivity contribution in [3.63, 3.8) is 0 Å². The second-order valence-electron chi connectivity index (χ2n) is 7.03. The maximum absolute atomic E-state index is 12.0. The Labute approximate surface area is 153 Å². The Morgan fingerprint density at radius 1 is 1.08 bits per heavy atom. The molecule has 0 bridgehead atoms. The van der Waals surface area contributed by atoms with E-state index in [9.17, 15) is 9.59 Å². The summed E-state index contributed by atoms with van der Waals surface area (Å²) in [6.07, 6.45) is -0.308. The van der Waals surface area contributed by atoms with Crippen molar-refractivity contribution in [2.45, 2.75) is 33.0 Å². The van der Waals surface area contributed by atoms with Gasteiger partial charge >= 0.3 is 12.1 Å². The predicted molar refractivity (Wildman–Crippen MR) is 95.5 cm³/mol. The highest BCUT2D eigenvalue weighted by Crippen LogP contribution is 2.12. The maximum Gasteiger partial charge on any atom is 0.410 e. The molecule has 1 heterocycles. The van der Waals surface area contributed by atoms with Crippen molar-refractivity contribution in [1.29, 1.82) is 0 Å². The molecule has 0 saturated carbocycles. The Morgan fingerprint density at radius 3 is 2.24 bits per heavy atom. The van der Waals surface area contributed by atoms with Crippen LogP contribution in [0, 0.1) is 0 Å². The fourth-order valence-electron chi connectivity index (χ4n) is 2.39. The van der Waals surface area contributed by atoms with Gasteiger partial charge in [0.1, 0.15) is 12.2 Å². The van der Waals surface area contributed by atoms with E-state index < -0.39 is 5.60 Å². The largest absolute Gasteiger partial charge is 0.460 e. The van der Waals surface area contributed by atoms with Crippen LogP contribution in [0.3, 0.4) is 0 Å². The van der Waals surface area contributed by atoms with Crippen LogP contribution in [-0.2, 0) is 20.9 Å². The first-order valence-corrected chi connectivity index (χ1v) is 8.71. The molecule has 0 radical (unpaired) electrons. The van der Waals surface area contributed by atoms with Crippen LogP contribution < -0.4 is 0 Å². The third-order valence-electron chi connectivity index (χ3n) is 3.69. The molecule has 1 aromatic rings. The molecule has 0 spiro atoms. The number of halogens is 1. The molecule has 1 aliphatic rings. The van der Waals surface area contributed by atoms with Gasteiger partial charge in [0, 0.05) is 31.2 Å². The summed E-state index contributed by atoms with van der Waals surface area (Å²) in [4.78, 5) is 27.6. The van der Waals surface area contributed by atoms with E-state index in [0.717, 1.165) is 5.56 Å². The zero-order chi connectivity index (χ0) is 18.4. The lowest BCUT2D eigenvalue weighted by molar-refractivity contribution is -0.146. The Morgan fingerprint density at radius 2 is 1.68 bits per heavy atom. The topological polar surface area (TPSA) is 59.1 Å². The van der Waals surface area contributed by atoms with Crippen LogP contribution in [0.5, 0.6) is 0 Å². The van der Waals surface area contributed by atoms with E-state index in [1.54, 1.807) is 17.0 Å². The average molecular weight is 369 g/mol. The normalized spacial score (nSPS) is 15.8. The standard InChI is InChI=1S/C18H25ClN2O4/c1-18(2,3)25-17(23)21-10-8-20(9-11-21)12-16(22)24-13-14-4-6-15(19)7-5-14/h4-7H,8-13H2,1-3H3. The summed E-state index contributed by atoms with van der Waals surface area (Å²) in [5.41, 5.74) is 0.396. The fourth-order valence-corrected chi connectivity index (χ4v) is 2.51. The Bertz CT molecular complexity index is 590. The van der Waals surface area contributed by atoms with Gasteiger partial charge in [0.25, 0.3) is 0 Å². The molecule has 0 unspecified atom stereocenters. The Kier molecular flexibility index (Phi) is 6.67. The van der Waals surface area contributed by atoms with Gasteiger partial charge in [-0.15, -0.1) is 0 Å². The van der Waals surface area contributed by atoms with Gasteiger partial charge in [-0.25, -0.2) is 4.79 Å². The molecule has 7 heteroatoms. The number of nitrogens with zero attached hydrogens (tertiary/aromatic N) is 2. The lowest BCUT2D eigenvalue weighted by Crippen LogP contribution is -2.51. The fraction of sp³-hybridized carbons (Fsp3) is 0.556. The molecule has 0 atom stereocenters. The summed E-state index contributed by atoms with van der Waals surface area (Å²) >= 11 is 5.82. The van der Waals surface area contributed by atoms with Crippen molar-refractivity contribution in [3.05, 3.63) is 34.9 Å². The monoisotopic (exact) mass is 368 g/mol. The van der Waals surface area contributed by atoms with Crippen LogP contribution in [0.4, 0.5) is 4.79 Å². The summed E-state index contributed by atoms with van der Waals surface area (Å²) in [5.74, 6) is -0.277. The van der Waals surface area contributed by atoms with Gasteiger partial charge < -0.3 is 14.4 Å². The molecule has 1 fully saturated rings. The van der Waals surface area contributed by atoms with E-state index in [1.165, 1.54) is 0 Å². The van der Waals surface area contributed by atoms with Crippen LogP contribution in [0.1, 0.15) is 26.3 Å². The molecule has 0 aliphatic carbocycles. The molecule has 1 aliphatic heterocycles. The minimum absolute atomic E-state index is 0.218. The van der Waals surface area contributed by atoms with Crippen LogP contribution in [-0.4, -0.2) is 60.2 Å². The summed E-state index contributed by atoms with van der Waals surface area (Å²) in [6, 6.07) is 7.19. The number of carbonyl (C=O) groups excluding carboxylic acids is 2. The number of amides is 1. The highest BCUT2D eigenvalue weighted by Gasteiger charge is 2.26. The second-order valence-corrected chi connectivity index (χ2v) is 7.47. The van der Waals surface area contributed by atoms with Gasteiger partial charge in [-0.05, 0) is 38.5 Å². The first-order valence-electron chi connectivity index (χ1n) is 8.33. The lowest BCUT2D eigenvalue weighted by Gasteiger charge is -2.35. The average Bonchev–Trinajstić information content (AvgIpc) is 2.53. The number of esters is 1. The Hall–Kier alpha value is -1.79. The van der Waals surface area contributed by atoms with Gasteiger partial charge in [0.05, 0.1) is 6.54 Å². The molecular weight excluding hydrogens is 344 g/mol. The molecular formula is C18H25ClN2O4. The molecule has 138 valence electrons. The van der Waals surface area contributed by atoms with Crippen LogP contribution in [0.25, 0.3) is 0 Å². The summed E-state index contributed by atoms with van der Waals surface area (Å²) in [7, 11) is 0. The van der Waals surface area contributed by atoms with E-state index in [4.69, 9.17) is 21.1 Å². The third kappa shape index (κ3) is 6.92. The second kappa shape index (κ2) is 8.54. The van der Waals surface area contributed by atoms with Crippen LogP contribution in [0.15, 0.2) is 24.3 Å². The number of benzene rings is 1. The SMILES string of the molecule is CC(C)(C)OC(=O)N1CCN(CC(=O)OCc2ccc(Cl)cc2)CC1. The van der Waals surface area contributed by atoms with Crippen molar-refractivity contribution in [2.24, 2.45) is 0 Å². The smallest absolute Gasteiger partial charge is 0.410 e. The number of hydrogen-bond donors (Lipinski definition) is 0. The number of carbonyl (C=O) groups is 2. The number of rotatable bonds is 4. The quantitative estimate of drug-likeness (QED) is 0.765. The zero-order valence-electron chi connectivity index (χ0n) is 15.0. The molecule has 0 aromatic heterocycles. The van der Waals surface area contributed by atoms with Crippen molar-refractivity contribution >= 4 is 23.7 Å². The zero-order valence-corrected chi connectivity index (χ0v) is 15.7. The first kappa shape index (κ1) is 19.5. The van der Waals surface area contributed by atoms with Crippen molar-refractivity contribution in [2.75, 3.05) is 32.7 Å². The number of piperazine rings is 1. The summed E-state index contributed by atoms with van der Waals surface area (Å²) in [5, 5.41) is 0.651. The van der Waals surface area contributed by atoms with E-state index in [1.807, 2.05) is 37.8 Å². The van der Waals surface area contributed by atoms with E-state index in [0.29, 0.717) is 31.2 Å². The predicted octanol–water partition coefficient (Wildman–Crippen LogP) is 2.94.